The standard InChI is InChI=1S/C57H52Br2Cl2N2O19/c1-25(64)73-23-41-50(75-27(3)66)52(77-29(5)68)54(79-31(7)70)56(81-41)62-39-13-9-11-37(60)43(39)45(47(62)33-15-19-35(58)20-16-33)49(72)46-44-38(61)12-10-14-40(44)63(48(46)34-17-21-36(59)22-18-34)57-55(80-32(8)71)53(78-30(6)69)51(76-28(4)67)42(82-57)24-74-26(2)65/h9-22,41-42,50-57H,23-24H2,1-8H3/t41-,42-,50-,51-,52+,53+,54-,55-,56?,57?/m1/s1/i1D,2D,3D,4D,5D,6D,7D,8D. The molecular weight excluding hydrogens is 1250 g/mol. The molecule has 2 aliphatic heterocycles. The van der Waals surface area contributed by atoms with E-state index in [1.807, 2.05) is 0 Å². The van der Waals surface area contributed by atoms with Gasteiger partial charge in [0.25, 0.3) is 0 Å². The lowest BCUT2D eigenvalue weighted by Crippen LogP contribution is -2.60. The number of benzene rings is 4. The first-order chi connectivity index (χ1) is 43.2. The lowest BCUT2D eigenvalue weighted by atomic mass is 9.93. The zero-order valence-electron chi connectivity index (χ0n) is 50.6. The molecule has 6 aromatic rings. The van der Waals surface area contributed by atoms with E-state index in [9.17, 15) is 38.4 Å². The van der Waals surface area contributed by atoms with Gasteiger partial charge in [-0.1, -0.05) is 91.5 Å². The van der Waals surface area contributed by atoms with Crippen LogP contribution in [-0.2, 0) is 85.7 Å². The Kier molecular flexibility index (Phi) is 15.8. The number of aromatic nitrogens is 2. The molecule has 10 atom stereocenters. The van der Waals surface area contributed by atoms with Crippen LogP contribution in [0, 0.1) is 0 Å². The predicted molar refractivity (Wildman–Crippen MR) is 298 cm³/mol. The van der Waals surface area contributed by atoms with Crippen LogP contribution in [0.15, 0.2) is 93.9 Å². The molecule has 25 heteroatoms. The number of hydrogen-bond donors (Lipinski definition) is 0. The summed E-state index contributed by atoms with van der Waals surface area (Å²) in [6, 6.07) is 21.3. The number of ketones is 1. The van der Waals surface area contributed by atoms with E-state index < -0.39 is 183 Å². The first kappa shape index (κ1) is 50.6. The van der Waals surface area contributed by atoms with Gasteiger partial charge in [-0.05, 0) is 59.7 Å². The summed E-state index contributed by atoms with van der Waals surface area (Å²) in [4.78, 5) is 123. The van der Waals surface area contributed by atoms with Crippen LogP contribution in [0.1, 0.15) is 94.5 Å². The molecule has 0 spiro atoms. The van der Waals surface area contributed by atoms with Gasteiger partial charge in [-0.2, -0.15) is 0 Å². The number of carbonyl (C=O) groups excluding carboxylic acids is 9. The fraction of sp³-hybridized carbons (Fsp3) is 0.351. The van der Waals surface area contributed by atoms with E-state index in [1.165, 1.54) is 45.5 Å². The largest absolute Gasteiger partial charge is 0.463 e. The van der Waals surface area contributed by atoms with Crippen molar-refractivity contribution in [2.45, 2.75) is 116 Å². The maximum atomic E-state index is 17.2. The van der Waals surface area contributed by atoms with Crippen molar-refractivity contribution in [1.29, 1.82) is 0 Å². The van der Waals surface area contributed by atoms with E-state index in [0.717, 1.165) is 0 Å². The van der Waals surface area contributed by atoms with Gasteiger partial charge in [-0.15, -0.1) is 0 Å². The van der Waals surface area contributed by atoms with Gasteiger partial charge < -0.3 is 56.5 Å². The van der Waals surface area contributed by atoms with Crippen LogP contribution in [0.25, 0.3) is 44.3 Å². The first-order valence-corrected chi connectivity index (χ1v) is 26.4. The van der Waals surface area contributed by atoms with Gasteiger partial charge in [0.05, 0.1) is 43.6 Å². The summed E-state index contributed by atoms with van der Waals surface area (Å²) in [5, 5.41) is -0.391. The zero-order chi connectivity index (χ0) is 65.2. The summed E-state index contributed by atoms with van der Waals surface area (Å²) < 4.78 is 125. The topological polar surface area (TPSA) is 256 Å². The minimum Gasteiger partial charge on any atom is -0.463 e. The fourth-order valence-electron chi connectivity index (χ4n) is 10.1. The van der Waals surface area contributed by atoms with E-state index in [-0.39, 0.29) is 65.5 Å². The van der Waals surface area contributed by atoms with Crippen molar-refractivity contribution >= 4 is 130 Å². The zero-order valence-corrected chi connectivity index (χ0v) is 47.3. The van der Waals surface area contributed by atoms with Crippen LogP contribution >= 0.6 is 55.1 Å². The number of carbonyl (C=O) groups is 9. The Morgan fingerprint density at radius 3 is 1.10 bits per heavy atom. The van der Waals surface area contributed by atoms with E-state index in [4.69, 9.17) is 81.5 Å². The van der Waals surface area contributed by atoms with Gasteiger partial charge in [0.15, 0.2) is 54.9 Å². The van der Waals surface area contributed by atoms with Crippen molar-refractivity contribution in [2.24, 2.45) is 0 Å². The van der Waals surface area contributed by atoms with Gasteiger partial charge in [-0.3, -0.25) is 43.2 Å². The summed E-state index contributed by atoms with van der Waals surface area (Å²) in [6.45, 7) is -9.84. The minimum atomic E-state index is -2.03. The average molecular weight is 1310 g/mol. The molecule has 4 heterocycles. The highest BCUT2D eigenvalue weighted by Gasteiger charge is 2.56. The van der Waals surface area contributed by atoms with Crippen LogP contribution in [0.3, 0.4) is 0 Å². The second kappa shape index (κ2) is 25.6. The van der Waals surface area contributed by atoms with Gasteiger partial charge in [0, 0.05) is 85.9 Å². The Labute approximate surface area is 506 Å². The second-order valence-corrected chi connectivity index (χ2v) is 20.7. The number of esters is 8. The third-order valence-corrected chi connectivity index (χ3v) is 14.5. The molecular formula is C57H52Br2Cl2N2O19. The Hall–Kier alpha value is -7.15. The average Bonchev–Trinajstić information content (AvgIpc) is 1.54. The number of hydrogen-bond acceptors (Lipinski definition) is 19. The summed E-state index contributed by atoms with van der Waals surface area (Å²) in [6.07, 6.45) is -19.3. The van der Waals surface area contributed by atoms with Crippen LogP contribution in [0.4, 0.5) is 0 Å². The molecule has 2 saturated heterocycles. The lowest BCUT2D eigenvalue weighted by Gasteiger charge is -2.45. The normalized spacial score (nSPS) is 23.6. The molecule has 0 aliphatic carbocycles. The molecule has 0 saturated carbocycles. The summed E-state index contributed by atoms with van der Waals surface area (Å²) >= 11 is 21.6. The number of nitrogens with zero attached hydrogens (tertiary/aromatic N) is 2. The number of ether oxygens (including phenoxy) is 10. The maximum Gasteiger partial charge on any atom is 0.303 e. The summed E-state index contributed by atoms with van der Waals surface area (Å²) in [5.41, 5.74) is -0.548. The lowest BCUT2D eigenvalue weighted by molar-refractivity contribution is -0.267. The van der Waals surface area contributed by atoms with Gasteiger partial charge >= 0.3 is 47.8 Å². The van der Waals surface area contributed by atoms with E-state index >= 15 is 4.79 Å². The highest BCUT2D eigenvalue weighted by molar-refractivity contribution is 9.10. The monoisotopic (exact) mass is 1300 g/mol. The third kappa shape index (κ3) is 12.9. The number of fused-ring (bicyclic) bond motifs is 2. The van der Waals surface area contributed by atoms with Crippen LogP contribution in [0.5, 0.6) is 0 Å². The Morgan fingerprint density at radius 2 is 0.768 bits per heavy atom. The van der Waals surface area contributed by atoms with Crippen LogP contribution in [0.2, 0.25) is 10.0 Å². The fourth-order valence-corrected chi connectivity index (χ4v) is 11.1. The third-order valence-electron chi connectivity index (χ3n) is 12.8. The molecule has 82 heavy (non-hydrogen) atoms. The van der Waals surface area contributed by atoms with Crippen molar-refractivity contribution in [3.05, 3.63) is 115 Å². The molecule has 4 aromatic carbocycles. The Morgan fingerprint density at radius 1 is 0.451 bits per heavy atom. The Bertz CT molecular complexity index is 3480. The quantitative estimate of drug-likeness (QED) is 0.0496. The second-order valence-electron chi connectivity index (χ2n) is 18.0. The molecule has 2 aliphatic rings. The first-order valence-electron chi connectivity index (χ1n) is 29.7. The highest BCUT2D eigenvalue weighted by atomic mass is 79.9. The molecule has 0 amide bonds. The minimum absolute atomic E-state index is 0.00911. The van der Waals surface area contributed by atoms with Gasteiger partial charge in [0.2, 0.25) is 0 Å². The summed E-state index contributed by atoms with van der Waals surface area (Å²) in [7, 11) is 0. The molecule has 0 N–H and O–H groups in total. The van der Waals surface area contributed by atoms with Crippen molar-refractivity contribution in [2.75, 3.05) is 13.2 Å². The number of halogens is 4. The molecule has 21 nitrogen and oxygen atoms in total. The molecule has 432 valence electrons. The van der Waals surface area contributed by atoms with Crippen molar-refractivity contribution in [1.82, 2.24) is 9.13 Å². The van der Waals surface area contributed by atoms with Crippen molar-refractivity contribution in [3.63, 3.8) is 0 Å². The van der Waals surface area contributed by atoms with Gasteiger partial charge in [-0.25, -0.2) is 0 Å². The predicted octanol–water partition coefficient (Wildman–Crippen LogP) is 9.50. The molecule has 2 unspecified atom stereocenters. The van der Waals surface area contributed by atoms with E-state index in [1.54, 1.807) is 48.5 Å². The molecule has 0 radical (unpaired) electrons. The molecule has 0 bridgehead atoms. The highest BCUT2D eigenvalue weighted by Crippen LogP contribution is 2.50. The summed E-state index contributed by atoms with van der Waals surface area (Å²) in [5.74, 6) is -10.7. The smallest absolute Gasteiger partial charge is 0.303 e. The van der Waals surface area contributed by atoms with E-state index in [0.29, 0.717) is 8.95 Å². The SMILES string of the molecule is [2H]CC(=O)OC[C@H]1OC(n2c(-c3ccc(Br)cc3)c(C(=O)c3c(-c4ccc(Br)cc4)n(C4O[C@H](COC(=O)C[2H])[C@@H](OC(=O)C[2H])[C@H](OC(=O)C[2H])[C@H]4OC(=O)C[2H])c4cccc(Cl)c34)c3c(Cl)cccc32)[C@H](OC(=O)C[2H])[C@@H](OC(=O)C[2H])[C@@H]1OC(=O)C[2H]. The van der Waals surface area contributed by atoms with Crippen molar-refractivity contribution in [3.8, 4) is 22.5 Å². The van der Waals surface area contributed by atoms with E-state index in [2.05, 4.69) is 31.9 Å². The van der Waals surface area contributed by atoms with Crippen LogP contribution < -0.4 is 0 Å². The van der Waals surface area contributed by atoms with Crippen molar-refractivity contribution < 1.29 is 101 Å². The molecule has 8 rings (SSSR count). The number of rotatable bonds is 16. The van der Waals surface area contributed by atoms with Gasteiger partial charge in [0.1, 0.15) is 25.4 Å². The maximum absolute atomic E-state index is 17.2. The molecule has 2 aromatic heterocycles. The molecule has 2 fully saturated rings. The van der Waals surface area contributed by atoms with Crippen LogP contribution in [-0.4, -0.2) is 125 Å². The Balaban J connectivity index is 1.52.